The van der Waals surface area contributed by atoms with Gasteiger partial charge in [0.15, 0.2) is 0 Å². The molecular weight excluding hydrogens is 326 g/mol. The van der Waals surface area contributed by atoms with E-state index in [1.54, 1.807) is 31.4 Å². The molecule has 0 spiro atoms. The largest absolute Gasteiger partial charge is 0.345 e. The zero-order valence-electron chi connectivity index (χ0n) is 15.0. The van der Waals surface area contributed by atoms with Gasteiger partial charge in [-0.3, -0.25) is 9.78 Å². The Balaban J connectivity index is 1.70. The third kappa shape index (κ3) is 2.98. The van der Waals surface area contributed by atoms with E-state index in [2.05, 4.69) is 14.9 Å². The van der Waals surface area contributed by atoms with Gasteiger partial charge >= 0.3 is 0 Å². The Labute approximate surface area is 152 Å². The van der Waals surface area contributed by atoms with Crippen molar-refractivity contribution in [3.8, 4) is 0 Å². The van der Waals surface area contributed by atoms with Crippen LogP contribution in [0.2, 0.25) is 0 Å². The number of para-hydroxylation sites is 1. The number of carbonyl (C=O) groups is 1. The van der Waals surface area contributed by atoms with E-state index >= 15 is 0 Å². The maximum Gasteiger partial charge on any atom is 0.254 e. The number of carbonyl (C=O) groups excluding carboxylic acids is 1. The molecule has 132 valence electrons. The van der Waals surface area contributed by atoms with Crippen LogP contribution in [0.1, 0.15) is 28.4 Å². The van der Waals surface area contributed by atoms with Gasteiger partial charge in [0.05, 0.1) is 11.1 Å². The van der Waals surface area contributed by atoms with Gasteiger partial charge in [0, 0.05) is 56.6 Å². The number of fused-ring (bicyclic) bond motifs is 1. The zero-order chi connectivity index (χ0) is 18.1. The molecule has 1 aliphatic heterocycles. The summed E-state index contributed by atoms with van der Waals surface area (Å²) in [6.45, 7) is 1.70. The maximum atomic E-state index is 12.7. The summed E-state index contributed by atoms with van der Waals surface area (Å²) in [4.78, 5) is 30.0. The lowest BCUT2D eigenvalue weighted by Crippen LogP contribution is -2.23. The third-order valence-corrected chi connectivity index (χ3v) is 4.81. The van der Waals surface area contributed by atoms with Crippen molar-refractivity contribution in [2.75, 3.05) is 32.1 Å². The lowest BCUT2D eigenvalue weighted by molar-refractivity contribution is 0.0829. The molecule has 1 aliphatic rings. The second-order valence-electron chi connectivity index (χ2n) is 6.79. The van der Waals surface area contributed by atoms with Gasteiger partial charge in [0.1, 0.15) is 0 Å². The van der Waals surface area contributed by atoms with E-state index in [0.29, 0.717) is 5.56 Å². The van der Waals surface area contributed by atoms with Crippen molar-refractivity contribution >= 4 is 22.8 Å². The van der Waals surface area contributed by atoms with Crippen LogP contribution in [0, 0.1) is 0 Å². The zero-order valence-corrected chi connectivity index (χ0v) is 15.0. The molecule has 4 rings (SSSR count). The van der Waals surface area contributed by atoms with E-state index in [1.807, 2.05) is 36.4 Å². The number of pyridine rings is 1. The number of rotatable bonds is 3. The molecule has 0 aliphatic carbocycles. The molecule has 1 atom stereocenters. The molecule has 1 aromatic carbocycles. The molecule has 3 heterocycles. The first-order chi connectivity index (χ1) is 12.6. The standard InChI is InChI=1S/C20H21N5O/c1-24(2)19(26)16-12-18(23-17-7-4-3-6-15(16)17)14-8-11-25(13-14)20-21-9-5-10-22-20/h3-7,9-10,12,14H,8,11,13H2,1-2H3/t14-/m0/s1. The molecule has 1 fully saturated rings. The number of nitrogens with zero attached hydrogens (tertiary/aromatic N) is 5. The van der Waals surface area contributed by atoms with Crippen LogP contribution in [0.15, 0.2) is 48.8 Å². The normalized spacial score (nSPS) is 16.8. The fraction of sp³-hybridized carbons (Fsp3) is 0.300. The van der Waals surface area contributed by atoms with Crippen LogP contribution < -0.4 is 4.90 Å². The van der Waals surface area contributed by atoms with Crippen molar-refractivity contribution in [2.45, 2.75) is 12.3 Å². The molecule has 6 nitrogen and oxygen atoms in total. The van der Waals surface area contributed by atoms with Crippen molar-refractivity contribution in [3.63, 3.8) is 0 Å². The summed E-state index contributed by atoms with van der Waals surface area (Å²) in [6, 6.07) is 11.6. The fourth-order valence-electron chi connectivity index (χ4n) is 3.46. The molecule has 3 aromatic rings. The van der Waals surface area contributed by atoms with E-state index in [4.69, 9.17) is 4.98 Å². The topological polar surface area (TPSA) is 62.2 Å². The highest BCUT2D eigenvalue weighted by Gasteiger charge is 2.28. The Hall–Kier alpha value is -3.02. The van der Waals surface area contributed by atoms with Crippen LogP contribution in [0.4, 0.5) is 5.95 Å². The maximum absolute atomic E-state index is 12.7. The average Bonchev–Trinajstić information content (AvgIpc) is 3.17. The molecule has 0 radical (unpaired) electrons. The lowest BCUT2D eigenvalue weighted by Gasteiger charge is -2.17. The van der Waals surface area contributed by atoms with Crippen LogP contribution in [0.25, 0.3) is 10.9 Å². The smallest absolute Gasteiger partial charge is 0.254 e. The lowest BCUT2D eigenvalue weighted by atomic mass is 9.99. The van der Waals surface area contributed by atoms with Gasteiger partial charge in [0.2, 0.25) is 5.95 Å². The quantitative estimate of drug-likeness (QED) is 0.729. The monoisotopic (exact) mass is 347 g/mol. The Morgan fingerprint density at radius 1 is 1.15 bits per heavy atom. The minimum atomic E-state index is 0.00564. The van der Waals surface area contributed by atoms with Crippen LogP contribution in [-0.2, 0) is 0 Å². The highest BCUT2D eigenvalue weighted by Crippen LogP contribution is 2.30. The van der Waals surface area contributed by atoms with Crippen molar-refractivity contribution < 1.29 is 4.79 Å². The van der Waals surface area contributed by atoms with Gasteiger partial charge in [-0.1, -0.05) is 18.2 Å². The average molecular weight is 347 g/mol. The first-order valence-corrected chi connectivity index (χ1v) is 8.77. The van der Waals surface area contributed by atoms with E-state index in [1.165, 1.54) is 0 Å². The molecule has 26 heavy (non-hydrogen) atoms. The van der Waals surface area contributed by atoms with Crippen molar-refractivity contribution in [3.05, 3.63) is 60.0 Å². The first-order valence-electron chi connectivity index (χ1n) is 8.77. The van der Waals surface area contributed by atoms with Crippen LogP contribution in [-0.4, -0.2) is 52.9 Å². The van der Waals surface area contributed by atoms with E-state index in [0.717, 1.165) is 42.1 Å². The molecule has 0 N–H and O–H groups in total. The highest BCUT2D eigenvalue weighted by molar-refractivity contribution is 6.06. The molecule has 1 amide bonds. The second-order valence-corrected chi connectivity index (χ2v) is 6.79. The predicted octanol–water partition coefficient (Wildman–Crippen LogP) is 2.72. The number of hydrogen-bond acceptors (Lipinski definition) is 5. The third-order valence-electron chi connectivity index (χ3n) is 4.81. The summed E-state index contributed by atoms with van der Waals surface area (Å²) in [5, 5.41) is 0.899. The second kappa shape index (κ2) is 6.71. The number of hydrogen-bond donors (Lipinski definition) is 0. The van der Waals surface area contributed by atoms with Gasteiger partial charge in [0.25, 0.3) is 5.91 Å². The highest BCUT2D eigenvalue weighted by atomic mass is 16.2. The van der Waals surface area contributed by atoms with Gasteiger partial charge in [-0.05, 0) is 24.6 Å². The summed E-state index contributed by atoms with van der Waals surface area (Å²) in [7, 11) is 3.56. The summed E-state index contributed by atoms with van der Waals surface area (Å²) in [5.41, 5.74) is 2.54. The predicted molar refractivity (Wildman–Crippen MR) is 101 cm³/mol. The molecule has 2 aromatic heterocycles. The number of benzene rings is 1. The van der Waals surface area contributed by atoms with Gasteiger partial charge in [-0.25, -0.2) is 9.97 Å². The van der Waals surface area contributed by atoms with Crippen molar-refractivity contribution in [2.24, 2.45) is 0 Å². The Morgan fingerprint density at radius 3 is 2.69 bits per heavy atom. The summed E-state index contributed by atoms with van der Waals surface area (Å²) >= 11 is 0. The summed E-state index contributed by atoms with van der Waals surface area (Å²) in [6.07, 6.45) is 4.49. The summed E-state index contributed by atoms with van der Waals surface area (Å²) in [5.74, 6) is 1.02. The van der Waals surface area contributed by atoms with E-state index in [-0.39, 0.29) is 11.8 Å². The number of aromatic nitrogens is 3. The SMILES string of the molecule is CN(C)C(=O)c1cc([C@H]2CCN(c3ncccn3)C2)nc2ccccc12. The molecule has 0 bridgehead atoms. The fourth-order valence-corrected chi connectivity index (χ4v) is 3.46. The van der Waals surface area contributed by atoms with Gasteiger partial charge < -0.3 is 9.80 Å². The number of anilines is 1. The molecule has 0 unspecified atom stereocenters. The van der Waals surface area contributed by atoms with Crippen molar-refractivity contribution in [1.29, 1.82) is 0 Å². The Bertz CT molecular complexity index is 941. The van der Waals surface area contributed by atoms with E-state index < -0.39 is 0 Å². The molecule has 6 heteroatoms. The van der Waals surface area contributed by atoms with Crippen LogP contribution in [0.5, 0.6) is 0 Å². The van der Waals surface area contributed by atoms with Gasteiger partial charge in [-0.2, -0.15) is 0 Å². The van der Waals surface area contributed by atoms with Crippen molar-refractivity contribution in [1.82, 2.24) is 19.9 Å². The van der Waals surface area contributed by atoms with Crippen LogP contribution in [0.3, 0.4) is 0 Å². The Morgan fingerprint density at radius 2 is 1.92 bits per heavy atom. The van der Waals surface area contributed by atoms with E-state index in [9.17, 15) is 4.79 Å². The van der Waals surface area contributed by atoms with Crippen LogP contribution >= 0.6 is 0 Å². The number of amides is 1. The molecule has 1 saturated heterocycles. The minimum absolute atomic E-state index is 0.00564. The first kappa shape index (κ1) is 16.4. The minimum Gasteiger partial charge on any atom is -0.345 e. The Kier molecular flexibility index (Phi) is 4.24. The van der Waals surface area contributed by atoms with Gasteiger partial charge in [-0.15, -0.1) is 0 Å². The molecule has 0 saturated carbocycles. The summed E-state index contributed by atoms with van der Waals surface area (Å²) < 4.78 is 0. The molecular formula is C20H21N5O.